The normalized spacial score (nSPS) is 35.5. The summed E-state index contributed by atoms with van der Waals surface area (Å²) in [5, 5.41) is 32.6. The third-order valence-corrected chi connectivity index (χ3v) is 17.5. The van der Waals surface area contributed by atoms with Gasteiger partial charge in [0.2, 0.25) is 0 Å². The molecule has 5 aliphatic rings. The lowest BCUT2D eigenvalue weighted by molar-refractivity contribution is -0.313. The summed E-state index contributed by atoms with van der Waals surface area (Å²) >= 11 is 0. The van der Waals surface area contributed by atoms with E-state index in [-0.39, 0.29) is 24.1 Å². The molecule has 5 rings (SSSR count). The molecule has 1 saturated heterocycles. The van der Waals surface area contributed by atoms with Gasteiger partial charge in [-0.1, -0.05) is 154 Å². The fraction of sp³-hybridized carbons (Fsp3) is 0.839. The minimum Gasteiger partial charge on any atom is -0.463 e. The van der Waals surface area contributed by atoms with Crippen molar-refractivity contribution in [2.45, 2.75) is 239 Å². The van der Waals surface area contributed by atoms with Crippen molar-refractivity contribution in [3.8, 4) is 0 Å². The van der Waals surface area contributed by atoms with E-state index >= 15 is 0 Å². The molecule has 1 heterocycles. The maximum absolute atomic E-state index is 12.7. The van der Waals surface area contributed by atoms with Crippen LogP contribution in [0.3, 0.4) is 0 Å². The minimum absolute atomic E-state index is 0.145. The zero-order valence-electron chi connectivity index (χ0n) is 41.2. The highest BCUT2D eigenvalue weighted by molar-refractivity contribution is 5.69. The summed E-state index contributed by atoms with van der Waals surface area (Å²) in [7, 11) is 0. The number of carbonyl (C=O) groups is 1. The number of aliphatic hydroxyl groups is 3. The summed E-state index contributed by atoms with van der Waals surface area (Å²) in [4.78, 5) is 12.7. The van der Waals surface area contributed by atoms with Crippen molar-refractivity contribution in [1.82, 2.24) is 0 Å². The van der Waals surface area contributed by atoms with Crippen LogP contribution >= 0.6 is 0 Å². The molecule has 1 aliphatic heterocycles. The lowest BCUT2D eigenvalue weighted by atomic mass is 9.47. The van der Waals surface area contributed by atoms with E-state index in [1.807, 2.05) is 0 Å². The van der Waals surface area contributed by atoms with Gasteiger partial charge >= 0.3 is 5.97 Å². The molecular formula is C56H94O7. The van der Waals surface area contributed by atoms with E-state index in [1.165, 1.54) is 89.0 Å². The van der Waals surface area contributed by atoms with Crippen LogP contribution in [-0.2, 0) is 19.0 Å². The second kappa shape index (κ2) is 26.0. The third kappa shape index (κ3) is 14.4. The second-order valence-electron chi connectivity index (χ2n) is 22.0. The van der Waals surface area contributed by atoms with Crippen molar-refractivity contribution in [3.05, 3.63) is 48.1 Å². The van der Waals surface area contributed by atoms with Gasteiger partial charge in [-0.3, -0.25) is 4.79 Å². The molecule has 63 heavy (non-hydrogen) atoms. The van der Waals surface area contributed by atoms with E-state index in [9.17, 15) is 20.1 Å². The number of esters is 1. The third-order valence-electron chi connectivity index (χ3n) is 17.5. The fourth-order valence-electron chi connectivity index (χ4n) is 13.0. The molecule has 7 nitrogen and oxygen atoms in total. The molecule has 3 saturated carbocycles. The summed E-state index contributed by atoms with van der Waals surface area (Å²) < 4.78 is 18.1. The summed E-state index contributed by atoms with van der Waals surface area (Å²) in [5.41, 5.74) is 2.12. The molecule has 14 atom stereocenters. The number of aliphatic hydroxyl groups excluding tert-OH is 3. The van der Waals surface area contributed by atoms with Gasteiger partial charge in [-0.2, -0.15) is 0 Å². The first-order valence-electron chi connectivity index (χ1n) is 26.4. The summed E-state index contributed by atoms with van der Waals surface area (Å²) in [5.74, 6) is 5.14. The minimum atomic E-state index is -1.45. The molecule has 4 aliphatic carbocycles. The zero-order valence-corrected chi connectivity index (χ0v) is 41.2. The SMILES string of the molecule is CC/C=C\C/C=C\C/C=C\CCCCCCCCCCCC(=O)OCC1O[C@@H](O[C@H]2CC[C@@]3(C)C(=CC[C@H]4[C@@H]5CC[C@H]([C@H](C)CC[C@@H](C)C(C)C)[C@@]5(C)CC[C@@H]43)C2)C(O)C(O)[C@@H]1O. The fourth-order valence-corrected chi connectivity index (χ4v) is 13.0. The Bertz CT molecular complexity index is 1470. The van der Waals surface area contributed by atoms with E-state index in [2.05, 4.69) is 91.0 Å². The van der Waals surface area contributed by atoms with Gasteiger partial charge in [0.25, 0.3) is 0 Å². The van der Waals surface area contributed by atoms with Crippen molar-refractivity contribution >= 4 is 5.97 Å². The van der Waals surface area contributed by atoms with E-state index in [0.29, 0.717) is 17.8 Å². The Hall–Kier alpha value is -1.77. The van der Waals surface area contributed by atoms with Crippen LogP contribution in [0.25, 0.3) is 0 Å². The van der Waals surface area contributed by atoms with Crippen LogP contribution in [0.4, 0.5) is 0 Å². The Morgan fingerprint density at radius 2 is 1.44 bits per heavy atom. The summed E-state index contributed by atoms with van der Waals surface area (Å²) in [6, 6.07) is 0. The van der Waals surface area contributed by atoms with E-state index in [4.69, 9.17) is 14.2 Å². The molecule has 0 aromatic carbocycles. The van der Waals surface area contributed by atoms with Crippen LogP contribution in [-0.4, -0.2) is 64.7 Å². The summed E-state index contributed by atoms with van der Waals surface area (Å²) in [6.07, 6.45) is 36.7. The average molecular weight is 879 g/mol. The van der Waals surface area contributed by atoms with Gasteiger partial charge in [0, 0.05) is 6.42 Å². The smallest absolute Gasteiger partial charge is 0.305 e. The van der Waals surface area contributed by atoms with Crippen LogP contribution in [0.5, 0.6) is 0 Å². The molecule has 7 heteroatoms. The molecule has 0 aromatic rings. The lowest BCUT2D eigenvalue weighted by Gasteiger charge is -2.58. The monoisotopic (exact) mass is 879 g/mol. The van der Waals surface area contributed by atoms with Crippen LogP contribution in [0.15, 0.2) is 48.1 Å². The van der Waals surface area contributed by atoms with Gasteiger partial charge < -0.3 is 29.5 Å². The number of hydrogen-bond donors (Lipinski definition) is 3. The second-order valence-corrected chi connectivity index (χ2v) is 22.0. The Morgan fingerprint density at radius 3 is 2.14 bits per heavy atom. The Morgan fingerprint density at radius 1 is 0.778 bits per heavy atom. The van der Waals surface area contributed by atoms with Gasteiger partial charge in [-0.25, -0.2) is 0 Å². The van der Waals surface area contributed by atoms with Crippen LogP contribution in [0, 0.1) is 52.3 Å². The quantitative estimate of drug-likeness (QED) is 0.0451. The molecule has 3 unspecified atom stereocenters. The average Bonchev–Trinajstić information content (AvgIpc) is 3.63. The Kier molecular flexibility index (Phi) is 21.5. The maximum Gasteiger partial charge on any atom is 0.305 e. The molecule has 0 spiro atoms. The predicted molar refractivity (Wildman–Crippen MR) is 258 cm³/mol. The van der Waals surface area contributed by atoms with E-state index < -0.39 is 30.7 Å². The highest BCUT2D eigenvalue weighted by Gasteiger charge is 2.59. The van der Waals surface area contributed by atoms with Crippen molar-refractivity contribution in [2.75, 3.05) is 6.61 Å². The molecule has 0 amide bonds. The first kappa shape index (κ1) is 52.2. The number of rotatable bonds is 26. The first-order valence-corrected chi connectivity index (χ1v) is 26.4. The highest BCUT2D eigenvalue weighted by Crippen LogP contribution is 2.67. The number of hydrogen-bond acceptors (Lipinski definition) is 7. The molecule has 360 valence electrons. The van der Waals surface area contributed by atoms with Crippen molar-refractivity contribution in [2.24, 2.45) is 52.3 Å². The molecule has 0 bridgehead atoms. The Labute approximate surface area is 385 Å². The van der Waals surface area contributed by atoms with E-state index in [1.54, 1.807) is 0 Å². The summed E-state index contributed by atoms with van der Waals surface area (Å²) in [6.45, 7) is 16.9. The molecule has 3 N–H and O–H groups in total. The van der Waals surface area contributed by atoms with Crippen LogP contribution in [0.2, 0.25) is 0 Å². The Balaban J connectivity index is 0.969. The van der Waals surface area contributed by atoms with Gasteiger partial charge in [0.15, 0.2) is 6.29 Å². The predicted octanol–water partition coefficient (Wildman–Crippen LogP) is 13.2. The van der Waals surface area contributed by atoms with Gasteiger partial charge in [0.05, 0.1) is 6.10 Å². The van der Waals surface area contributed by atoms with E-state index in [0.717, 1.165) is 99.7 Å². The molecular weight excluding hydrogens is 785 g/mol. The van der Waals surface area contributed by atoms with Gasteiger partial charge in [-0.15, -0.1) is 0 Å². The number of ether oxygens (including phenoxy) is 3. The number of allylic oxidation sites excluding steroid dienone is 7. The number of unbranched alkanes of at least 4 members (excludes halogenated alkanes) is 9. The highest BCUT2D eigenvalue weighted by atomic mass is 16.7. The van der Waals surface area contributed by atoms with Crippen LogP contribution < -0.4 is 0 Å². The molecule has 0 radical (unpaired) electrons. The first-order chi connectivity index (χ1) is 30.3. The molecule has 0 aromatic heterocycles. The maximum atomic E-state index is 12.7. The number of carbonyl (C=O) groups excluding carboxylic acids is 1. The number of fused-ring (bicyclic) bond motifs is 5. The zero-order chi connectivity index (χ0) is 45.4. The standard InChI is InChI=1S/C56H94O7/c1-8-9-10-11-12-13-14-15-16-17-18-19-20-21-22-23-24-25-26-27-50(57)61-39-49-51(58)52(59)53(60)54(63-49)62-44-34-36-55(6)43(38-44)30-31-45-47-33-32-46(56(47,7)37-35-48(45)55)42(5)29-28-41(4)40(2)3/h9-10,12-13,15-16,30,40-42,44-49,51-54,58-60H,8,11,14,17-29,31-39H2,1-7H3/b10-9-,13-12-,16-15-/t41-,42-,44+,45+,46-,47+,48+,49?,51-,52?,53?,54-,55+,56-/m1/s1. The lowest BCUT2D eigenvalue weighted by Crippen LogP contribution is -2.60. The van der Waals surface area contributed by atoms with Crippen molar-refractivity contribution < 1.29 is 34.3 Å². The van der Waals surface area contributed by atoms with Crippen LogP contribution in [0.1, 0.15) is 203 Å². The van der Waals surface area contributed by atoms with Crippen molar-refractivity contribution in [1.29, 1.82) is 0 Å². The molecule has 4 fully saturated rings. The van der Waals surface area contributed by atoms with Gasteiger partial charge in [-0.05, 0) is 142 Å². The van der Waals surface area contributed by atoms with Gasteiger partial charge in [0.1, 0.15) is 31.0 Å². The largest absolute Gasteiger partial charge is 0.463 e. The topological polar surface area (TPSA) is 105 Å². The van der Waals surface area contributed by atoms with Crippen molar-refractivity contribution in [3.63, 3.8) is 0 Å².